The van der Waals surface area contributed by atoms with Gasteiger partial charge in [-0.2, -0.15) is 0 Å². The monoisotopic (exact) mass is 292 g/mol. The van der Waals surface area contributed by atoms with Crippen molar-refractivity contribution >= 4 is 17.7 Å². The molecule has 2 rings (SSSR count). The lowest BCUT2D eigenvalue weighted by Gasteiger charge is -2.24. The first kappa shape index (κ1) is 15.4. The molecular weight excluding hydrogens is 268 g/mol. The van der Waals surface area contributed by atoms with E-state index in [9.17, 15) is 4.79 Å². The Morgan fingerprint density at radius 1 is 1.45 bits per heavy atom. The Morgan fingerprint density at radius 3 is 3.00 bits per heavy atom. The molecule has 1 N–H and O–H groups in total. The first-order chi connectivity index (χ1) is 9.61. The van der Waals surface area contributed by atoms with Crippen LogP contribution >= 0.6 is 11.8 Å². The first-order valence-corrected chi connectivity index (χ1v) is 8.24. The molecule has 0 saturated carbocycles. The topological polar surface area (TPSA) is 32.3 Å². The third-order valence-electron chi connectivity index (χ3n) is 3.83. The van der Waals surface area contributed by atoms with Crippen LogP contribution in [0.1, 0.15) is 24.0 Å². The largest absolute Gasteiger partial charge is 0.338 e. The fourth-order valence-corrected chi connectivity index (χ4v) is 3.71. The van der Waals surface area contributed by atoms with Crippen molar-refractivity contribution in [3.05, 3.63) is 29.3 Å². The van der Waals surface area contributed by atoms with Crippen molar-refractivity contribution < 1.29 is 4.79 Å². The van der Waals surface area contributed by atoms with E-state index in [1.807, 2.05) is 7.05 Å². The molecule has 0 aliphatic carbocycles. The van der Waals surface area contributed by atoms with Gasteiger partial charge in [-0.3, -0.25) is 4.79 Å². The molecule has 1 unspecified atom stereocenters. The minimum absolute atomic E-state index is 0.272. The normalized spacial score (nSPS) is 18.6. The minimum atomic E-state index is 0.272. The summed E-state index contributed by atoms with van der Waals surface area (Å²) in [6.45, 7) is 6.01. The van der Waals surface area contributed by atoms with Crippen molar-refractivity contribution in [3.63, 3.8) is 0 Å². The Kier molecular flexibility index (Phi) is 5.49. The molecule has 1 atom stereocenters. The number of likely N-dealkylation sites (tertiary alicyclic amines) is 1. The molecule has 1 aliphatic heterocycles. The van der Waals surface area contributed by atoms with Gasteiger partial charge in [-0.25, -0.2) is 0 Å². The van der Waals surface area contributed by atoms with Crippen molar-refractivity contribution in [1.29, 1.82) is 0 Å². The first-order valence-electron chi connectivity index (χ1n) is 7.26. The molecule has 4 heteroatoms. The molecule has 1 amide bonds. The van der Waals surface area contributed by atoms with E-state index in [4.69, 9.17) is 0 Å². The van der Waals surface area contributed by atoms with Crippen LogP contribution in [0.2, 0.25) is 0 Å². The second kappa shape index (κ2) is 7.14. The van der Waals surface area contributed by atoms with Crippen LogP contribution in [-0.2, 0) is 4.79 Å². The molecule has 0 spiro atoms. The Labute approximate surface area is 126 Å². The molecule has 1 aromatic carbocycles. The van der Waals surface area contributed by atoms with Gasteiger partial charge in [-0.1, -0.05) is 17.7 Å². The van der Waals surface area contributed by atoms with Gasteiger partial charge in [0.1, 0.15) is 0 Å². The van der Waals surface area contributed by atoms with Crippen LogP contribution in [0.15, 0.2) is 23.1 Å². The van der Waals surface area contributed by atoms with E-state index in [2.05, 4.69) is 42.3 Å². The van der Waals surface area contributed by atoms with E-state index >= 15 is 0 Å². The summed E-state index contributed by atoms with van der Waals surface area (Å²) < 4.78 is 0. The minimum Gasteiger partial charge on any atom is -0.338 e. The number of carbonyl (C=O) groups is 1. The highest BCUT2D eigenvalue weighted by Crippen LogP contribution is 2.25. The zero-order valence-electron chi connectivity index (χ0n) is 12.6. The number of aryl methyl sites for hydroxylation is 2. The van der Waals surface area contributed by atoms with E-state index in [1.54, 1.807) is 11.8 Å². The SMILES string of the molecule is CNCC1CCCN1C(=O)CSc1cc(C)ccc1C. The number of nitrogens with one attached hydrogen (secondary N) is 1. The molecule has 0 aromatic heterocycles. The maximum absolute atomic E-state index is 12.4. The molecule has 1 saturated heterocycles. The van der Waals surface area contributed by atoms with Crippen LogP contribution in [0.4, 0.5) is 0 Å². The van der Waals surface area contributed by atoms with E-state index in [0.29, 0.717) is 11.8 Å². The molecule has 1 aliphatic rings. The molecule has 1 fully saturated rings. The summed E-state index contributed by atoms with van der Waals surface area (Å²) in [6, 6.07) is 6.79. The maximum Gasteiger partial charge on any atom is 0.233 e. The Hall–Kier alpha value is -1.00. The van der Waals surface area contributed by atoms with E-state index in [0.717, 1.165) is 25.9 Å². The summed E-state index contributed by atoms with van der Waals surface area (Å²) in [4.78, 5) is 15.7. The average Bonchev–Trinajstić information content (AvgIpc) is 2.88. The number of rotatable bonds is 5. The summed E-state index contributed by atoms with van der Waals surface area (Å²) in [5.41, 5.74) is 2.50. The van der Waals surface area contributed by atoms with Crippen LogP contribution in [0.3, 0.4) is 0 Å². The van der Waals surface area contributed by atoms with Crippen molar-refractivity contribution in [2.75, 3.05) is 25.9 Å². The summed E-state index contributed by atoms with van der Waals surface area (Å²) in [5.74, 6) is 0.818. The van der Waals surface area contributed by atoms with E-state index in [-0.39, 0.29) is 5.91 Å². The molecule has 3 nitrogen and oxygen atoms in total. The Balaban J connectivity index is 1.93. The lowest BCUT2D eigenvalue weighted by molar-refractivity contribution is -0.129. The van der Waals surface area contributed by atoms with Gasteiger partial charge in [0.2, 0.25) is 5.91 Å². The number of amides is 1. The van der Waals surface area contributed by atoms with Gasteiger partial charge in [0.15, 0.2) is 0 Å². The fraction of sp³-hybridized carbons (Fsp3) is 0.562. The van der Waals surface area contributed by atoms with Gasteiger partial charge in [-0.05, 0) is 45.4 Å². The number of nitrogens with zero attached hydrogens (tertiary/aromatic N) is 1. The van der Waals surface area contributed by atoms with Gasteiger partial charge < -0.3 is 10.2 Å². The zero-order chi connectivity index (χ0) is 14.5. The summed E-state index contributed by atoms with van der Waals surface area (Å²) in [7, 11) is 1.95. The summed E-state index contributed by atoms with van der Waals surface area (Å²) in [6.07, 6.45) is 2.26. The Morgan fingerprint density at radius 2 is 2.25 bits per heavy atom. The third-order valence-corrected chi connectivity index (χ3v) is 4.97. The predicted octanol–water partition coefficient (Wildman–Crippen LogP) is 2.61. The van der Waals surface area contributed by atoms with Crippen molar-refractivity contribution in [3.8, 4) is 0 Å². The highest BCUT2D eigenvalue weighted by atomic mass is 32.2. The van der Waals surface area contributed by atoms with Gasteiger partial charge >= 0.3 is 0 Å². The second-order valence-electron chi connectivity index (χ2n) is 5.50. The maximum atomic E-state index is 12.4. The van der Waals surface area contributed by atoms with Gasteiger partial charge in [-0.15, -0.1) is 11.8 Å². The average molecular weight is 292 g/mol. The van der Waals surface area contributed by atoms with E-state index in [1.165, 1.54) is 16.0 Å². The molecule has 0 bridgehead atoms. The third kappa shape index (κ3) is 3.76. The standard InChI is InChI=1S/C16H24N2OS/c1-12-6-7-13(2)15(9-12)20-11-16(19)18-8-4-5-14(18)10-17-3/h6-7,9,14,17H,4-5,8,10-11H2,1-3H3. The van der Waals surface area contributed by atoms with Crippen LogP contribution in [0.5, 0.6) is 0 Å². The number of benzene rings is 1. The quantitative estimate of drug-likeness (QED) is 0.847. The van der Waals surface area contributed by atoms with Crippen LogP contribution in [0, 0.1) is 13.8 Å². The lowest BCUT2D eigenvalue weighted by Crippen LogP contribution is -2.41. The number of carbonyl (C=O) groups excluding carboxylic acids is 1. The van der Waals surface area contributed by atoms with Gasteiger partial charge in [0.25, 0.3) is 0 Å². The fourth-order valence-electron chi connectivity index (χ4n) is 2.70. The zero-order valence-corrected chi connectivity index (χ0v) is 13.4. The molecule has 1 heterocycles. The lowest BCUT2D eigenvalue weighted by atomic mass is 10.2. The highest BCUT2D eigenvalue weighted by Gasteiger charge is 2.27. The predicted molar refractivity (Wildman–Crippen MR) is 85.3 cm³/mol. The Bertz CT molecular complexity index is 476. The second-order valence-corrected chi connectivity index (χ2v) is 6.52. The molecule has 0 radical (unpaired) electrons. The van der Waals surface area contributed by atoms with Crippen LogP contribution in [-0.4, -0.2) is 42.7 Å². The molecule has 20 heavy (non-hydrogen) atoms. The van der Waals surface area contributed by atoms with E-state index < -0.39 is 0 Å². The van der Waals surface area contributed by atoms with Crippen molar-refractivity contribution in [1.82, 2.24) is 10.2 Å². The molecule has 110 valence electrons. The van der Waals surface area contributed by atoms with Crippen molar-refractivity contribution in [2.45, 2.75) is 37.6 Å². The number of hydrogen-bond donors (Lipinski definition) is 1. The van der Waals surface area contributed by atoms with Gasteiger partial charge in [0, 0.05) is 24.0 Å². The van der Waals surface area contributed by atoms with Gasteiger partial charge in [0.05, 0.1) is 5.75 Å². The van der Waals surface area contributed by atoms with Crippen LogP contribution < -0.4 is 5.32 Å². The molecule has 1 aromatic rings. The number of likely N-dealkylation sites (N-methyl/N-ethyl adjacent to an activating group) is 1. The smallest absolute Gasteiger partial charge is 0.233 e. The number of thioether (sulfide) groups is 1. The molecular formula is C16H24N2OS. The summed E-state index contributed by atoms with van der Waals surface area (Å²) >= 11 is 1.66. The summed E-state index contributed by atoms with van der Waals surface area (Å²) in [5, 5.41) is 3.18. The number of hydrogen-bond acceptors (Lipinski definition) is 3. The van der Waals surface area contributed by atoms with Crippen molar-refractivity contribution in [2.24, 2.45) is 0 Å². The van der Waals surface area contributed by atoms with Crippen LogP contribution in [0.25, 0.3) is 0 Å². The highest BCUT2D eigenvalue weighted by molar-refractivity contribution is 8.00.